The van der Waals surface area contributed by atoms with Gasteiger partial charge < -0.3 is 19.4 Å². The average molecular weight is 617 g/mol. The molecule has 2 fully saturated rings. The molecule has 12 heteroatoms. The van der Waals surface area contributed by atoms with Crippen molar-refractivity contribution in [3.63, 3.8) is 0 Å². The number of hydrogen-bond donors (Lipinski definition) is 1. The summed E-state index contributed by atoms with van der Waals surface area (Å²) in [5.41, 5.74) is 1.31. The van der Waals surface area contributed by atoms with Gasteiger partial charge in [-0.05, 0) is 42.0 Å². The lowest BCUT2D eigenvalue weighted by atomic mass is 9.83. The molecule has 2 saturated heterocycles. The number of thioether (sulfide) groups is 1. The van der Waals surface area contributed by atoms with Crippen molar-refractivity contribution < 1.29 is 23.9 Å². The molecule has 0 saturated carbocycles. The summed E-state index contributed by atoms with van der Waals surface area (Å²) in [6.45, 7) is 2.07. The maximum atomic E-state index is 13.8. The summed E-state index contributed by atoms with van der Waals surface area (Å²) in [7, 11) is 0. The molecule has 4 heterocycles. The highest BCUT2D eigenvalue weighted by molar-refractivity contribution is 9.10. The van der Waals surface area contributed by atoms with Crippen LogP contribution in [0.2, 0.25) is 0 Å². The average Bonchev–Trinajstić information content (AvgIpc) is 3.43. The smallest absolute Gasteiger partial charge is 0.305 e. The van der Waals surface area contributed by atoms with Crippen LogP contribution in [0.4, 0.5) is 5.69 Å². The van der Waals surface area contributed by atoms with Gasteiger partial charge in [-0.1, -0.05) is 51.2 Å². The SMILES string of the molecule is O=C(COc1ccc(C2c3sc(=O)[nH]c3SC3C(=O)N(c4ccc(Br)cc4)C(=O)C32)cc1)N1CCOCC1. The number of aromatic nitrogens is 1. The Hall–Kier alpha value is -2.93. The molecule has 9 nitrogen and oxygen atoms in total. The topological polar surface area (TPSA) is 109 Å². The molecule has 3 atom stereocenters. The van der Waals surface area contributed by atoms with Crippen LogP contribution in [0, 0.1) is 5.92 Å². The molecule has 1 N–H and O–H groups in total. The van der Waals surface area contributed by atoms with Crippen molar-refractivity contribution in [1.29, 1.82) is 0 Å². The van der Waals surface area contributed by atoms with Gasteiger partial charge in [0, 0.05) is 28.4 Å². The Morgan fingerprint density at radius 3 is 2.45 bits per heavy atom. The minimum Gasteiger partial charge on any atom is -0.484 e. The van der Waals surface area contributed by atoms with E-state index in [1.54, 1.807) is 41.3 Å². The largest absolute Gasteiger partial charge is 0.484 e. The molecule has 6 rings (SSSR count). The fourth-order valence-corrected chi connectivity index (χ4v) is 7.82. The number of hydrogen-bond acceptors (Lipinski definition) is 8. The quantitative estimate of drug-likeness (QED) is 0.439. The summed E-state index contributed by atoms with van der Waals surface area (Å²) in [6, 6.07) is 14.2. The summed E-state index contributed by atoms with van der Waals surface area (Å²) in [5.74, 6) is -1.30. The second-order valence-electron chi connectivity index (χ2n) is 9.09. The van der Waals surface area contributed by atoms with Crippen LogP contribution < -0.4 is 14.5 Å². The zero-order valence-corrected chi connectivity index (χ0v) is 23.1. The van der Waals surface area contributed by atoms with Crippen LogP contribution in [0.5, 0.6) is 5.75 Å². The van der Waals surface area contributed by atoms with Crippen molar-refractivity contribution >= 4 is 62.4 Å². The molecule has 0 aliphatic carbocycles. The molecule has 196 valence electrons. The van der Waals surface area contributed by atoms with Gasteiger partial charge in [0.1, 0.15) is 11.0 Å². The lowest BCUT2D eigenvalue weighted by Crippen LogP contribution is -2.42. The molecule has 3 unspecified atom stereocenters. The van der Waals surface area contributed by atoms with Gasteiger partial charge in [0.25, 0.3) is 5.91 Å². The molecule has 3 aliphatic heterocycles. The van der Waals surface area contributed by atoms with Crippen LogP contribution in [0.3, 0.4) is 0 Å². The number of H-pyrrole nitrogens is 1. The fraction of sp³-hybridized carbons (Fsp3) is 0.308. The molecule has 0 bridgehead atoms. The molecule has 3 aromatic rings. The molecule has 3 aliphatic rings. The van der Waals surface area contributed by atoms with Gasteiger partial charge in [-0.15, -0.1) is 0 Å². The zero-order valence-electron chi connectivity index (χ0n) is 19.9. The minimum atomic E-state index is -0.662. The van der Waals surface area contributed by atoms with Crippen molar-refractivity contribution in [3.05, 3.63) is 73.1 Å². The molecule has 2 aromatic carbocycles. The van der Waals surface area contributed by atoms with E-state index in [0.29, 0.717) is 42.8 Å². The number of nitrogens with zero attached hydrogens (tertiary/aromatic N) is 2. The first-order valence-corrected chi connectivity index (χ1v) is 14.5. The molecular formula is C26H22BrN3O6S2. The Balaban J connectivity index is 1.27. The van der Waals surface area contributed by atoms with E-state index in [2.05, 4.69) is 20.9 Å². The summed E-state index contributed by atoms with van der Waals surface area (Å²) in [4.78, 5) is 58.3. The molecule has 0 spiro atoms. The van der Waals surface area contributed by atoms with Gasteiger partial charge in [-0.2, -0.15) is 0 Å². The number of morpholine rings is 1. The second kappa shape index (κ2) is 10.3. The van der Waals surface area contributed by atoms with Gasteiger partial charge in [-0.25, -0.2) is 4.90 Å². The fourth-order valence-electron chi connectivity index (χ4n) is 5.04. The van der Waals surface area contributed by atoms with E-state index in [0.717, 1.165) is 26.3 Å². The number of rotatable bonds is 5. The first kappa shape index (κ1) is 25.4. The van der Waals surface area contributed by atoms with Gasteiger partial charge in [0.15, 0.2) is 6.61 Å². The Labute approximate surface area is 234 Å². The Bertz CT molecular complexity index is 1450. The number of nitrogens with one attached hydrogen (secondary N) is 1. The highest BCUT2D eigenvalue weighted by atomic mass is 79.9. The molecule has 0 radical (unpaired) electrons. The van der Waals surface area contributed by atoms with Crippen LogP contribution in [0.15, 0.2) is 62.8 Å². The number of benzene rings is 2. The number of imide groups is 1. The van der Waals surface area contributed by atoms with Crippen molar-refractivity contribution in [1.82, 2.24) is 9.88 Å². The number of carbonyl (C=O) groups excluding carboxylic acids is 3. The predicted octanol–water partition coefficient (Wildman–Crippen LogP) is 3.23. The first-order valence-electron chi connectivity index (χ1n) is 12.0. The Kier molecular flexibility index (Phi) is 6.89. The summed E-state index contributed by atoms with van der Waals surface area (Å²) < 4.78 is 11.9. The van der Waals surface area contributed by atoms with E-state index in [1.165, 1.54) is 16.7 Å². The van der Waals surface area contributed by atoms with Gasteiger partial charge >= 0.3 is 4.87 Å². The molecule has 3 amide bonds. The predicted molar refractivity (Wildman–Crippen MR) is 146 cm³/mol. The number of fused-ring (bicyclic) bond motifs is 2. The highest BCUT2D eigenvalue weighted by Gasteiger charge is 2.56. The summed E-state index contributed by atoms with van der Waals surface area (Å²) in [6.07, 6.45) is 0. The van der Waals surface area contributed by atoms with Crippen molar-refractivity contribution in [2.24, 2.45) is 5.92 Å². The third-order valence-corrected chi connectivity index (χ3v) is 9.80. The second-order valence-corrected chi connectivity index (χ2v) is 12.2. The Morgan fingerprint density at radius 1 is 1.03 bits per heavy atom. The van der Waals surface area contributed by atoms with Crippen LogP contribution in [0.1, 0.15) is 16.4 Å². The van der Waals surface area contributed by atoms with Crippen LogP contribution in [-0.4, -0.2) is 65.8 Å². The van der Waals surface area contributed by atoms with Gasteiger partial charge in [-0.3, -0.25) is 19.2 Å². The summed E-state index contributed by atoms with van der Waals surface area (Å²) in [5, 5.41) is -0.0301. The maximum absolute atomic E-state index is 13.8. The zero-order chi connectivity index (χ0) is 26.4. The van der Waals surface area contributed by atoms with Crippen LogP contribution in [-0.2, 0) is 19.1 Å². The van der Waals surface area contributed by atoms with E-state index in [-0.39, 0.29) is 29.2 Å². The molecular weight excluding hydrogens is 594 g/mol. The third kappa shape index (κ3) is 4.59. The minimum absolute atomic E-state index is 0.0805. The van der Waals surface area contributed by atoms with Crippen molar-refractivity contribution in [2.75, 3.05) is 37.8 Å². The van der Waals surface area contributed by atoms with E-state index in [4.69, 9.17) is 9.47 Å². The van der Waals surface area contributed by atoms with E-state index in [9.17, 15) is 19.2 Å². The van der Waals surface area contributed by atoms with Crippen molar-refractivity contribution in [3.8, 4) is 5.75 Å². The number of thiazole rings is 1. The van der Waals surface area contributed by atoms with Crippen molar-refractivity contribution in [2.45, 2.75) is 16.2 Å². The first-order chi connectivity index (χ1) is 18.4. The monoisotopic (exact) mass is 615 g/mol. The van der Waals surface area contributed by atoms with Crippen LogP contribution >= 0.6 is 39.0 Å². The number of aromatic amines is 1. The van der Waals surface area contributed by atoms with Gasteiger partial charge in [0.05, 0.1) is 29.8 Å². The highest BCUT2D eigenvalue weighted by Crippen LogP contribution is 2.53. The van der Waals surface area contributed by atoms with E-state index in [1.807, 2.05) is 12.1 Å². The number of halogens is 1. The number of ether oxygens (including phenoxy) is 2. The summed E-state index contributed by atoms with van der Waals surface area (Å²) >= 11 is 5.70. The number of amides is 3. The molecule has 38 heavy (non-hydrogen) atoms. The lowest BCUT2D eigenvalue weighted by molar-refractivity contribution is -0.137. The number of anilines is 1. The maximum Gasteiger partial charge on any atom is 0.305 e. The standard InChI is InChI=1S/C26H22BrN3O6S2/c27-15-3-5-16(6-4-15)30-24(32)20-19(21-23(28-26(34)38-21)37-22(20)25(30)33)14-1-7-17(8-2-14)36-13-18(31)29-9-11-35-12-10-29/h1-8,19-20,22H,9-13H2,(H,28,34). The normalized spacial score (nSPS) is 22.8. The molecule has 1 aromatic heterocycles. The number of carbonyl (C=O) groups is 3. The Morgan fingerprint density at radius 2 is 1.74 bits per heavy atom. The van der Waals surface area contributed by atoms with E-state index < -0.39 is 17.1 Å². The van der Waals surface area contributed by atoms with E-state index >= 15 is 0 Å². The van der Waals surface area contributed by atoms with Gasteiger partial charge in [0.2, 0.25) is 11.8 Å². The van der Waals surface area contributed by atoms with Crippen LogP contribution in [0.25, 0.3) is 0 Å². The lowest BCUT2D eigenvalue weighted by Gasteiger charge is -2.30. The third-order valence-electron chi connectivity index (χ3n) is 6.87.